The minimum atomic E-state index is -0.184. The van der Waals surface area contributed by atoms with Crippen LogP contribution in [0, 0.1) is 11.8 Å². The summed E-state index contributed by atoms with van der Waals surface area (Å²) in [5.41, 5.74) is 5.59. The van der Waals surface area contributed by atoms with E-state index in [-0.39, 0.29) is 24.3 Å². The van der Waals surface area contributed by atoms with Crippen LogP contribution in [0.3, 0.4) is 0 Å². The molecular weight excluding hydrogens is 230 g/mol. The molecule has 1 atom stereocenters. The average molecular weight is 255 g/mol. The van der Waals surface area contributed by atoms with Crippen LogP contribution in [0.2, 0.25) is 0 Å². The van der Waals surface area contributed by atoms with Crippen molar-refractivity contribution in [3.8, 4) is 0 Å². The fourth-order valence-corrected chi connectivity index (χ4v) is 2.26. The van der Waals surface area contributed by atoms with Gasteiger partial charge in [-0.1, -0.05) is 13.8 Å². The minimum absolute atomic E-state index is 0.0150. The van der Waals surface area contributed by atoms with Gasteiger partial charge in [-0.2, -0.15) is 0 Å². The predicted molar refractivity (Wildman–Crippen MR) is 70.8 cm³/mol. The number of amides is 2. The lowest BCUT2D eigenvalue weighted by Gasteiger charge is -2.19. The molecule has 1 rings (SSSR count). The van der Waals surface area contributed by atoms with E-state index in [2.05, 4.69) is 19.2 Å². The van der Waals surface area contributed by atoms with Gasteiger partial charge in [-0.05, 0) is 25.2 Å². The smallest absolute Gasteiger partial charge is 0.241 e. The van der Waals surface area contributed by atoms with E-state index in [1.165, 1.54) is 0 Å². The van der Waals surface area contributed by atoms with Crippen molar-refractivity contribution in [3.63, 3.8) is 0 Å². The van der Waals surface area contributed by atoms with E-state index in [0.717, 1.165) is 32.4 Å². The van der Waals surface area contributed by atoms with Gasteiger partial charge in [-0.25, -0.2) is 0 Å². The zero-order valence-corrected chi connectivity index (χ0v) is 11.4. The first kappa shape index (κ1) is 15.0. The lowest BCUT2D eigenvalue weighted by atomic mass is 9.96. The van der Waals surface area contributed by atoms with Gasteiger partial charge in [0.25, 0.3) is 0 Å². The molecule has 0 radical (unpaired) electrons. The number of carbonyl (C=O) groups is 2. The molecule has 1 aliphatic rings. The van der Waals surface area contributed by atoms with Gasteiger partial charge in [0.05, 0.1) is 12.5 Å². The maximum absolute atomic E-state index is 11.9. The van der Waals surface area contributed by atoms with Crippen LogP contribution >= 0.6 is 0 Å². The maximum Gasteiger partial charge on any atom is 0.241 e. The summed E-state index contributed by atoms with van der Waals surface area (Å²) >= 11 is 0. The molecule has 3 N–H and O–H groups in total. The van der Waals surface area contributed by atoms with Gasteiger partial charge >= 0.3 is 0 Å². The standard InChI is InChI=1S/C13H25N3O2/c1-10(2)7-11(8-14)13(18)15-9-12(17)16-5-3-4-6-16/h10-11H,3-9,14H2,1-2H3,(H,15,18). The van der Waals surface area contributed by atoms with Crippen LogP contribution in [-0.2, 0) is 9.59 Å². The topological polar surface area (TPSA) is 75.4 Å². The Morgan fingerprint density at radius 2 is 1.89 bits per heavy atom. The second-order valence-electron chi connectivity index (χ2n) is 5.37. The van der Waals surface area contributed by atoms with Gasteiger partial charge in [-0.3, -0.25) is 9.59 Å². The third kappa shape index (κ3) is 4.64. The van der Waals surface area contributed by atoms with E-state index in [1.54, 1.807) is 4.90 Å². The van der Waals surface area contributed by atoms with E-state index < -0.39 is 0 Å². The van der Waals surface area contributed by atoms with Crippen molar-refractivity contribution in [2.24, 2.45) is 17.6 Å². The van der Waals surface area contributed by atoms with Crippen LogP contribution in [0.15, 0.2) is 0 Å². The Morgan fingerprint density at radius 3 is 2.39 bits per heavy atom. The lowest BCUT2D eigenvalue weighted by Crippen LogP contribution is -2.42. The molecule has 0 saturated carbocycles. The highest BCUT2D eigenvalue weighted by Crippen LogP contribution is 2.11. The fraction of sp³-hybridized carbons (Fsp3) is 0.846. The number of carbonyl (C=O) groups excluding carboxylic acids is 2. The Labute approximate surface area is 109 Å². The van der Waals surface area contributed by atoms with Crippen molar-refractivity contribution in [1.29, 1.82) is 0 Å². The summed E-state index contributed by atoms with van der Waals surface area (Å²) < 4.78 is 0. The second kappa shape index (κ2) is 7.36. The summed E-state index contributed by atoms with van der Waals surface area (Å²) in [4.78, 5) is 25.4. The van der Waals surface area contributed by atoms with Crippen LogP contribution in [0.5, 0.6) is 0 Å². The van der Waals surface area contributed by atoms with Crippen molar-refractivity contribution in [1.82, 2.24) is 10.2 Å². The fourth-order valence-electron chi connectivity index (χ4n) is 2.26. The first-order valence-corrected chi connectivity index (χ1v) is 6.80. The highest BCUT2D eigenvalue weighted by Gasteiger charge is 2.21. The second-order valence-corrected chi connectivity index (χ2v) is 5.37. The molecule has 0 aromatic carbocycles. The van der Waals surface area contributed by atoms with Gasteiger partial charge in [-0.15, -0.1) is 0 Å². The van der Waals surface area contributed by atoms with Gasteiger partial charge < -0.3 is 16.0 Å². The number of rotatable bonds is 6. The maximum atomic E-state index is 11.9. The largest absolute Gasteiger partial charge is 0.347 e. The Hall–Kier alpha value is -1.10. The zero-order chi connectivity index (χ0) is 13.5. The summed E-state index contributed by atoms with van der Waals surface area (Å²) in [7, 11) is 0. The molecule has 1 aliphatic heterocycles. The summed E-state index contributed by atoms with van der Waals surface area (Å²) in [6.45, 7) is 6.20. The highest BCUT2D eigenvalue weighted by atomic mass is 16.2. The van der Waals surface area contributed by atoms with Crippen molar-refractivity contribution in [3.05, 3.63) is 0 Å². The minimum Gasteiger partial charge on any atom is -0.347 e. The van der Waals surface area contributed by atoms with E-state index in [4.69, 9.17) is 5.73 Å². The monoisotopic (exact) mass is 255 g/mol. The van der Waals surface area contributed by atoms with Crippen LogP contribution in [0.1, 0.15) is 33.1 Å². The molecule has 2 amide bonds. The summed E-state index contributed by atoms with van der Waals surface area (Å²) in [5, 5.41) is 2.71. The van der Waals surface area contributed by atoms with E-state index in [0.29, 0.717) is 12.5 Å². The molecule has 104 valence electrons. The third-order valence-corrected chi connectivity index (χ3v) is 3.28. The first-order chi connectivity index (χ1) is 8.54. The molecule has 0 spiro atoms. The van der Waals surface area contributed by atoms with Crippen LogP contribution < -0.4 is 11.1 Å². The normalized spacial score (nSPS) is 17.0. The van der Waals surface area contributed by atoms with Gasteiger partial charge in [0.1, 0.15) is 0 Å². The Balaban J connectivity index is 2.32. The quantitative estimate of drug-likeness (QED) is 0.719. The van der Waals surface area contributed by atoms with Crippen molar-refractivity contribution in [2.75, 3.05) is 26.2 Å². The number of nitrogens with two attached hydrogens (primary N) is 1. The Kier molecular flexibility index (Phi) is 6.12. The summed E-state index contributed by atoms with van der Waals surface area (Å²) in [5.74, 6) is 0.162. The summed E-state index contributed by atoms with van der Waals surface area (Å²) in [6, 6.07) is 0. The Bertz CT molecular complexity index is 286. The molecule has 1 saturated heterocycles. The predicted octanol–water partition coefficient (Wildman–Crippen LogP) is 0.346. The highest BCUT2D eigenvalue weighted by molar-refractivity contribution is 5.86. The van der Waals surface area contributed by atoms with Gasteiger partial charge in [0.2, 0.25) is 11.8 Å². The van der Waals surface area contributed by atoms with E-state index >= 15 is 0 Å². The number of likely N-dealkylation sites (tertiary alicyclic amines) is 1. The molecule has 0 aliphatic carbocycles. The number of nitrogens with one attached hydrogen (secondary N) is 1. The number of nitrogens with zero attached hydrogens (tertiary/aromatic N) is 1. The third-order valence-electron chi connectivity index (χ3n) is 3.28. The molecule has 18 heavy (non-hydrogen) atoms. The molecule has 1 heterocycles. The van der Waals surface area contributed by atoms with Crippen molar-refractivity contribution >= 4 is 11.8 Å². The SMILES string of the molecule is CC(C)CC(CN)C(=O)NCC(=O)N1CCCC1. The summed E-state index contributed by atoms with van der Waals surface area (Å²) in [6.07, 6.45) is 2.90. The molecule has 5 nitrogen and oxygen atoms in total. The average Bonchev–Trinajstić information content (AvgIpc) is 2.86. The van der Waals surface area contributed by atoms with E-state index in [1.807, 2.05) is 0 Å². The molecule has 1 fully saturated rings. The van der Waals surface area contributed by atoms with Crippen LogP contribution in [-0.4, -0.2) is 42.9 Å². The molecule has 0 aromatic heterocycles. The molecule has 5 heteroatoms. The molecular formula is C13H25N3O2. The zero-order valence-electron chi connectivity index (χ0n) is 11.4. The Morgan fingerprint density at radius 1 is 1.28 bits per heavy atom. The molecule has 0 aromatic rings. The molecule has 0 bridgehead atoms. The lowest BCUT2D eigenvalue weighted by molar-refractivity contribution is -0.133. The number of hydrogen-bond acceptors (Lipinski definition) is 3. The van der Waals surface area contributed by atoms with Crippen LogP contribution in [0.4, 0.5) is 0 Å². The van der Waals surface area contributed by atoms with E-state index in [9.17, 15) is 9.59 Å². The number of hydrogen-bond donors (Lipinski definition) is 2. The first-order valence-electron chi connectivity index (χ1n) is 6.80. The van der Waals surface area contributed by atoms with Gasteiger partial charge in [0.15, 0.2) is 0 Å². The van der Waals surface area contributed by atoms with Gasteiger partial charge in [0, 0.05) is 19.6 Å². The van der Waals surface area contributed by atoms with Crippen molar-refractivity contribution < 1.29 is 9.59 Å². The van der Waals surface area contributed by atoms with Crippen LogP contribution in [0.25, 0.3) is 0 Å². The molecule has 1 unspecified atom stereocenters. The van der Waals surface area contributed by atoms with Crippen molar-refractivity contribution in [2.45, 2.75) is 33.1 Å².